The maximum Gasteiger partial charge on any atom is 0.258 e. The van der Waals surface area contributed by atoms with E-state index in [-0.39, 0.29) is 11.8 Å². The molecule has 1 aromatic heterocycles. The van der Waals surface area contributed by atoms with Gasteiger partial charge in [-0.15, -0.1) is 10.2 Å². The minimum Gasteiger partial charge on any atom is -0.315 e. The third-order valence-electron chi connectivity index (χ3n) is 4.77. The maximum absolute atomic E-state index is 12.6. The molecule has 1 N–H and O–H groups in total. The highest BCUT2D eigenvalue weighted by atomic mass is 16.2. The Balaban J connectivity index is 1.57. The number of benzene rings is 1. The summed E-state index contributed by atoms with van der Waals surface area (Å²) in [5.41, 5.74) is 2.47. The van der Waals surface area contributed by atoms with Crippen molar-refractivity contribution in [3.63, 3.8) is 0 Å². The lowest BCUT2D eigenvalue weighted by Crippen LogP contribution is -2.31. The van der Waals surface area contributed by atoms with E-state index in [2.05, 4.69) is 15.5 Å². The summed E-state index contributed by atoms with van der Waals surface area (Å²) >= 11 is 0. The molecule has 0 bridgehead atoms. The van der Waals surface area contributed by atoms with Gasteiger partial charge in [-0.05, 0) is 43.0 Å². The number of nitrogens with one attached hydrogen (secondary N) is 1. The van der Waals surface area contributed by atoms with Crippen molar-refractivity contribution in [1.82, 2.24) is 14.8 Å². The minimum absolute atomic E-state index is 0.106. The number of nitrogens with zero attached hydrogens (tertiary/aromatic N) is 4. The Hall–Kier alpha value is -2.70. The highest BCUT2D eigenvalue weighted by Gasteiger charge is 2.23. The second kappa shape index (κ2) is 5.74. The number of aromatic nitrogens is 3. The van der Waals surface area contributed by atoms with Crippen molar-refractivity contribution in [2.45, 2.75) is 38.6 Å². The summed E-state index contributed by atoms with van der Waals surface area (Å²) in [4.78, 5) is 26.0. The summed E-state index contributed by atoms with van der Waals surface area (Å²) in [5.74, 6) is 1.36. The van der Waals surface area contributed by atoms with Gasteiger partial charge in [0.05, 0.1) is 0 Å². The smallest absolute Gasteiger partial charge is 0.258 e. The van der Waals surface area contributed by atoms with E-state index < -0.39 is 0 Å². The molecule has 24 heavy (non-hydrogen) atoms. The predicted molar refractivity (Wildman–Crippen MR) is 89.1 cm³/mol. The molecule has 0 saturated carbocycles. The SMILES string of the molecule is CN1C(=O)CCc2cc(C(=O)Nc3nnc4n3CCCC4)ccc21. The largest absolute Gasteiger partial charge is 0.315 e. The Labute approximate surface area is 139 Å². The number of amides is 2. The van der Waals surface area contributed by atoms with Gasteiger partial charge in [0.1, 0.15) is 5.82 Å². The quantitative estimate of drug-likeness (QED) is 0.912. The summed E-state index contributed by atoms with van der Waals surface area (Å²) in [6.07, 6.45) is 4.24. The summed E-state index contributed by atoms with van der Waals surface area (Å²) in [6.45, 7) is 0.842. The molecule has 0 radical (unpaired) electrons. The molecule has 0 atom stereocenters. The van der Waals surface area contributed by atoms with Gasteiger partial charge < -0.3 is 4.90 Å². The number of hydrogen-bond donors (Lipinski definition) is 1. The van der Waals surface area contributed by atoms with E-state index in [4.69, 9.17) is 0 Å². The second-order valence-electron chi connectivity index (χ2n) is 6.30. The molecule has 2 aromatic rings. The van der Waals surface area contributed by atoms with Gasteiger partial charge in [0.25, 0.3) is 5.91 Å². The summed E-state index contributed by atoms with van der Waals surface area (Å²) in [6, 6.07) is 5.44. The zero-order chi connectivity index (χ0) is 16.7. The monoisotopic (exact) mass is 325 g/mol. The van der Waals surface area contributed by atoms with Gasteiger partial charge in [-0.1, -0.05) is 0 Å². The number of carbonyl (C=O) groups excluding carboxylic acids is 2. The fourth-order valence-electron chi connectivity index (χ4n) is 3.37. The van der Waals surface area contributed by atoms with Crippen LogP contribution in [0.2, 0.25) is 0 Å². The third-order valence-corrected chi connectivity index (χ3v) is 4.77. The molecular weight excluding hydrogens is 306 g/mol. The summed E-state index contributed by atoms with van der Waals surface area (Å²) in [5, 5.41) is 11.1. The average molecular weight is 325 g/mol. The molecule has 7 nitrogen and oxygen atoms in total. The van der Waals surface area contributed by atoms with Crippen LogP contribution in [0.1, 0.15) is 41.0 Å². The molecule has 0 fully saturated rings. The van der Waals surface area contributed by atoms with E-state index in [0.717, 1.165) is 42.9 Å². The lowest BCUT2D eigenvalue weighted by atomic mass is 9.99. The van der Waals surface area contributed by atoms with E-state index in [1.54, 1.807) is 18.0 Å². The number of aryl methyl sites for hydroxylation is 2. The number of anilines is 2. The van der Waals surface area contributed by atoms with Gasteiger partial charge >= 0.3 is 0 Å². The summed E-state index contributed by atoms with van der Waals surface area (Å²) < 4.78 is 1.98. The first-order chi connectivity index (χ1) is 11.6. The number of carbonyl (C=O) groups is 2. The minimum atomic E-state index is -0.196. The lowest BCUT2D eigenvalue weighted by Gasteiger charge is -2.26. The van der Waals surface area contributed by atoms with Crippen molar-refractivity contribution in [2.24, 2.45) is 0 Å². The predicted octanol–water partition coefficient (Wildman–Crippen LogP) is 1.78. The van der Waals surface area contributed by atoms with Gasteiger partial charge in [0.2, 0.25) is 11.9 Å². The van der Waals surface area contributed by atoms with Crippen LogP contribution in [0.25, 0.3) is 0 Å². The summed E-state index contributed by atoms with van der Waals surface area (Å²) in [7, 11) is 1.77. The third kappa shape index (κ3) is 2.46. The Morgan fingerprint density at radius 3 is 2.92 bits per heavy atom. The molecule has 0 saturated heterocycles. The van der Waals surface area contributed by atoms with Gasteiger partial charge in [-0.25, -0.2) is 0 Å². The molecule has 1 aromatic carbocycles. The molecule has 0 aliphatic carbocycles. The highest BCUT2D eigenvalue weighted by Crippen LogP contribution is 2.28. The van der Waals surface area contributed by atoms with Crippen LogP contribution < -0.4 is 10.2 Å². The molecule has 4 rings (SSSR count). The fraction of sp³-hybridized carbons (Fsp3) is 0.412. The van der Waals surface area contributed by atoms with Crippen LogP contribution in [-0.4, -0.2) is 33.6 Å². The van der Waals surface area contributed by atoms with Crippen molar-refractivity contribution < 1.29 is 9.59 Å². The van der Waals surface area contributed by atoms with E-state index in [1.807, 2.05) is 16.7 Å². The Kier molecular flexibility index (Phi) is 3.55. The first-order valence-electron chi connectivity index (χ1n) is 8.26. The van der Waals surface area contributed by atoms with Crippen LogP contribution >= 0.6 is 0 Å². The maximum atomic E-state index is 12.6. The zero-order valence-corrected chi connectivity index (χ0v) is 13.6. The van der Waals surface area contributed by atoms with Crippen LogP contribution in [0.4, 0.5) is 11.6 Å². The van der Waals surface area contributed by atoms with E-state index >= 15 is 0 Å². The lowest BCUT2D eigenvalue weighted by molar-refractivity contribution is -0.118. The van der Waals surface area contributed by atoms with Crippen LogP contribution in [0.3, 0.4) is 0 Å². The second-order valence-corrected chi connectivity index (χ2v) is 6.30. The number of hydrogen-bond acceptors (Lipinski definition) is 4. The van der Waals surface area contributed by atoms with Crippen molar-refractivity contribution in [3.05, 3.63) is 35.2 Å². The Morgan fingerprint density at radius 1 is 1.17 bits per heavy atom. The van der Waals surface area contributed by atoms with E-state index in [1.165, 1.54) is 0 Å². The van der Waals surface area contributed by atoms with E-state index in [0.29, 0.717) is 24.4 Å². The molecular formula is C17H19N5O2. The Bertz CT molecular complexity index is 826. The average Bonchev–Trinajstić information content (AvgIpc) is 3.01. The molecule has 0 unspecified atom stereocenters. The molecule has 124 valence electrons. The molecule has 2 aliphatic rings. The van der Waals surface area contributed by atoms with Crippen LogP contribution in [0.5, 0.6) is 0 Å². The highest BCUT2D eigenvalue weighted by molar-refractivity contribution is 6.04. The van der Waals surface area contributed by atoms with Gasteiger partial charge in [0, 0.05) is 37.7 Å². The number of rotatable bonds is 2. The van der Waals surface area contributed by atoms with Crippen molar-refractivity contribution in [1.29, 1.82) is 0 Å². The van der Waals surface area contributed by atoms with Gasteiger partial charge in [-0.3, -0.25) is 19.5 Å². The molecule has 2 aliphatic heterocycles. The van der Waals surface area contributed by atoms with Gasteiger partial charge in [-0.2, -0.15) is 0 Å². The molecule has 0 spiro atoms. The van der Waals surface area contributed by atoms with Crippen LogP contribution in [-0.2, 0) is 24.2 Å². The van der Waals surface area contributed by atoms with E-state index in [9.17, 15) is 9.59 Å². The normalized spacial score (nSPS) is 16.5. The fourth-order valence-corrected chi connectivity index (χ4v) is 3.37. The Morgan fingerprint density at radius 2 is 2.04 bits per heavy atom. The van der Waals surface area contributed by atoms with Crippen LogP contribution in [0, 0.1) is 0 Å². The first kappa shape index (κ1) is 14.9. The molecule has 2 amide bonds. The van der Waals surface area contributed by atoms with Crippen molar-refractivity contribution >= 4 is 23.5 Å². The first-order valence-corrected chi connectivity index (χ1v) is 8.26. The molecule has 3 heterocycles. The zero-order valence-electron chi connectivity index (χ0n) is 13.6. The van der Waals surface area contributed by atoms with Crippen molar-refractivity contribution in [2.75, 3.05) is 17.3 Å². The van der Waals surface area contributed by atoms with Crippen molar-refractivity contribution in [3.8, 4) is 0 Å². The van der Waals surface area contributed by atoms with Gasteiger partial charge in [0.15, 0.2) is 0 Å². The molecule has 7 heteroatoms. The standard InChI is InChI=1S/C17H19N5O2/c1-21-13-7-5-12(10-11(13)6-8-15(21)23)16(24)18-17-20-19-14-4-2-3-9-22(14)17/h5,7,10H,2-4,6,8-9H2,1H3,(H,18,20,24). The van der Waals surface area contributed by atoms with Crippen LogP contribution in [0.15, 0.2) is 18.2 Å². The topological polar surface area (TPSA) is 80.1 Å². The number of fused-ring (bicyclic) bond motifs is 2.